The van der Waals surface area contributed by atoms with Gasteiger partial charge in [-0.05, 0) is 6.08 Å². The number of imidazole rings is 1. The second-order valence-corrected chi connectivity index (χ2v) is 4.02. The molecule has 4 N–H and O–H groups in total. The lowest BCUT2D eigenvalue weighted by atomic mass is 10.3. The van der Waals surface area contributed by atoms with E-state index in [9.17, 15) is 9.18 Å². The monoisotopic (exact) mass is 267 g/mol. The van der Waals surface area contributed by atoms with E-state index in [4.69, 9.17) is 15.6 Å². The van der Waals surface area contributed by atoms with E-state index in [-0.39, 0.29) is 17.1 Å². The number of hydrogen-bond acceptors (Lipinski definition) is 6. The van der Waals surface area contributed by atoms with E-state index < -0.39 is 30.3 Å². The average molecular weight is 267 g/mol. The number of nitrogen functional groups attached to an aromatic ring is 1. The Hall–Kier alpha value is -2.26. The minimum absolute atomic E-state index is 0.0691. The Balaban J connectivity index is 2.10. The molecule has 0 spiro atoms. The van der Waals surface area contributed by atoms with Crippen molar-refractivity contribution in [3.63, 3.8) is 0 Å². The second-order valence-electron chi connectivity index (χ2n) is 4.02. The third-order valence-electron chi connectivity index (χ3n) is 2.80. The van der Waals surface area contributed by atoms with Crippen LogP contribution in [0.25, 0.3) is 11.2 Å². The number of H-pyrrole nitrogens is 1. The lowest BCUT2D eigenvalue weighted by Gasteiger charge is -2.13. The van der Waals surface area contributed by atoms with Crippen molar-refractivity contribution in [2.45, 2.75) is 12.3 Å². The van der Waals surface area contributed by atoms with Crippen LogP contribution in [0.15, 0.2) is 23.0 Å². The van der Waals surface area contributed by atoms with Crippen molar-refractivity contribution >= 4 is 17.1 Å². The van der Waals surface area contributed by atoms with E-state index in [1.807, 2.05) is 0 Å². The summed E-state index contributed by atoms with van der Waals surface area (Å²) in [5, 5.41) is 8.93. The SMILES string of the molecule is Nc1nc2c(ncn2[C@@H]2C=C(F)[C@H](CO)O2)c(=O)[nH]1. The fraction of sp³-hybridized carbons (Fsp3) is 0.300. The van der Waals surface area contributed by atoms with E-state index >= 15 is 0 Å². The molecule has 2 atom stereocenters. The highest BCUT2D eigenvalue weighted by atomic mass is 19.1. The molecule has 0 amide bonds. The van der Waals surface area contributed by atoms with E-state index in [2.05, 4.69) is 15.0 Å². The summed E-state index contributed by atoms with van der Waals surface area (Å²) in [4.78, 5) is 21.7. The molecular weight excluding hydrogens is 257 g/mol. The van der Waals surface area contributed by atoms with Gasteiger partial charge in [0.15, 0.2) is 17.4 Å². The Bertz CT molecular complexity index is 722. The number of anilines is 1. The highest BCUT2D eigenvalue weighted by Gasteiger charge is 2.29. The molecule has 100 valence electrons. The van der Waals surface area contributed by atoms with Gasteiger partial charge in [-0.15, -0.1) is 0 Å². The first-order valence-electron chi connectivity index (χ1n) is 5.46. The summed E-state index contributed by atoms with van der Waals surface area (Å²) in [5.74, 6) is -0.646. The molecule has 3 rings (SSSR count). The number of aliphatic hydroxyl groups excluding tert-OH is 1. The molecule has 0 unspecified atom stereocenters. The quantitative estimate of drug-likeness (QED) is 0.671. The van der Waals surface area contributed by atoms with Crippen LogP contribution in [0.2, 0.25) is 0 Å². The van der Waals surface area contributed by atoms with Crippen molar-refractivity contribution in [3.8, 4) is 0 Å². The Morgan fingerprint density at radius 2 is 2.42 bits per heavy atom. The molecule has 0 bridgehead atoms. The van der Waals surface area contributed by atoms with Gasteiger partial charge >= 0.3 is 0 Å². The zero-order valence-electron chi connectivity index (χ0n) is 9.58. The molecule has 2 aromatic rings. The third-order valence-corrected chi connectivity index (χ3v) is 2.80. The van der Waals surface area contributed by atoms with Crippen LogP contribution in [0.1, 0.15) is 6.23 Å². The largest absolute Gasteiger partial charge is 0.393 e. The van der Waals surface area contributed by atoms with Crippen LogP contribution in [-0.4, -0.2) is 37.3 Å². The molecule has 0 fully saturated rings. The molecule has 1 aliphatic heterocycles. The number of aliphatic hydroxyl groups is 1. The summed E-state index contributed by atoms with van der Waals surface area (Å²) in [5.41, 5.74) is 5.24. The van der Waals surface area contributed by atoms with Crippen molar-refractivity contribution in [3.05, 3.63) is 28.6 Å². The Morgan fingerprint density at radius 3 is 3.11 bits per heavy atom. The molecule has 19 heavy (non-hydrogen) atoms. The van der Waals surface area contributed by atoms with Crippen LogP contribution in [0.5, 0.6) is 0 Å². The van der Waals surface area contributed by atoms with Crippen molar-refractivity contribution in [1.82, 2.24) is 19.5 Å². The summed E-state index contributed by atoms with van der Waals surface area (Å²) in [6.45, 7) is -0.471. The molecule has 0 saturated carbocycles. The number of nitrogens with two attached hydrogens (primary N) is 1. The molecule has 0 radical (unpaired) electrons. The topological polar surface area (TPSA) is 119 Å². The number of nitrogens with one attached hydrogen (secondary N) is 1. The molecule has 9 heteroatoms. The molecule has 0 aliphatic carbocycles. The van der Waals surface area contributed by atoms with Gasteiger partial charge < -0.3 is 15.6 Å². The first-order valence-corrected chi connectivity index (χ1v) is 5.46. The number of fused-ring (bicyclic) bond motifs is 1. The standard InChI is InChI=1S/C10H10FN5O3/c11-4-1-6(19-5(4)2-17)16-3-13-7-8(16)14-10(12)15-9(7)18/h1,3,5-6,17H,2H2,(H3,12,14,15,18)/t5-,6-/m0/s1. The van der Waals surface area contributed by atoms with Gasteiger partial charge in [0, 0.05) is 0 Å². The highest BCUT2D eigenvalue weighted by Crippen LogP contribution is 2.29. The lowest BCUT2D eigenvalue weighted by Crippen LogP contribution is -2.18. The number of ether oxygens (including phenoxy) is 1. The van der Waals surface area contributed by atoms with Crippen LogP contribution in [-0.2, 0) is 4.74 Å². The van der Waals surface area contributed by atoms with Gasteiger partial charge in [-0.3, -0.25) is 14.3 Å². The number of rotatable bonds is 2. The summed E-state index contributed by atoms with van der Waals surface area (Å²) in [6.07, 6.45) is 0.652. The van der Waals surface area contributed by atoms with Crippen LogP contribution in [0.3, 0.4) is 0 Å². The predicted octanol–water partition coefficient (Wildman–Crippen LogP) is -0.555. The molecular formula is C10H10FN5O3. The van der Waals surface area contributed by atoms with Gasteiger partial charge in [0.05, 0.1) is 12.9 Å². The zero-order chi connectivity index (χ0) is 13.6. The van der Waals surface area contributed by atoms with Crippen molar-refractivity contribution < 1.29 is 14.2 Å². The van der Waals surface area contributed by atoms with Gasteiger partial charge in [0.25, 0.3) is 5.56 Å². The lowest BCUT2D eigenvalue weighted by molar-refractivity contribution is -0.0163. The van der Waals surface area contributed by atoms with Crippen LogP contribution >= 0.6 is 0 Å². The minimum Gasteiger partial charge on any atom is -0.393 e. The molecule has 0 aromatic carbocycles. The van der Waals surface area contributed by atoms with E-state index in [0.29, 0.717) is 0 Å². The number of halogens is 1. The van der Waals surface area contributed by atoms with Crippen molar-refractivity contribution in [2.75, 3.05) is 12.3 Å². The number of hydrogen-bond donors (Lipinski definition) is 3. The van der Waals surface area contributed by atoms with Gasteiger partial charge in [0.2, 0.25) is 5.95 Å². The van der Waals surface area contributed by atoms with Gasteiger partial charge in [0.1, 0.15) is 11.9 Å². The number of aromatic amines is 1. The normalized spacial score (nSPS) is 22.9. The maximum absolute atomic E-state index is 13.4. The predicted molar refractivity (Wildman–Crippen MR) is 62.7 cm³/mol. The Kier molecular flexibility index (Phi) is 2.57. The number of aromatic nitrogens is 4. The van der Waals surface area contributed by atoms with Crippen LogP contribution in [0.4, 0.5) is 10.3 Å². The van der Waals surface area contributed by atoms with Crippen molar-refractivity contribution in [2.24, 2.45) is 0 Å². The molecule has 1 aliphatic rings. The fourth-order valence-electron chi connectivity index (χ4n) is 1.92. The number of nitrogens with zero attached hydrogens (tertiary/aromatic N) is 3. The fourth-order valence-corrected chi connectivity index (χ4v) is 1.92. The van der Waals surface area contributed by atoms with Gasteiger partial charge in [-0.25, -0.2) is 9.37 Å². The average Bonchev–Trinajstić information content (AvgIpc) is 2.92. The second kappa shape index (κ2) is 4.14. The summed E-state index contributed by atoms with van der Waals surface area (Å²) >= 11 is 0. The molecule has 3 heterocycles. The van der Waals surface area contributed by atoms with Crippen LogP contribution in [0, 0.1) is 0 Å². The maximum atomic E-state index is 13.4. The van der Waals surface area contributed by atoms with E-state index in [1.165, 1.54) is 17.0 Å². The van der Waals surface area contributed by atoms with Gasteiger partial charge in [-0.1, -0.05) is 0 Å². The van der Waals surface area contributed by atoms with Gasteiger partial charge in [-0.2, -0.15) is 4.98 Å². The molecule has 0 saturated heterocycles. The van der Waals surface area contributed by atoms with E-state index in [0.717, 1.165) is 0 Å². The molecule has 2 aromatic heterocycles. The Morgan fingerprint density at radius 1 is 1.63 bits per heavy atom. The summed E-state index contributed by atoms with van der Waals surface area (Å²) in [7, 11) is 0. The molecule has 8 nitrogen and oxygen atoms in total. The van der Waals surface area contributed by atoms with Crippen LogP contribution < -0.4 is 11.3 Å². The van der Waals surface area contributed by atoms with E-state index in [1.54, 1.807) is 0 Å². The summed E-state index contributed by atoms with van der Waals surface area (Å²) in [6, 6.07) is 0. The smallest absolute Gasteiger partial charge is 0.280 e. The maximum Gasteiger partial charge on any atom is 0.280 e. The third kappa shape index (κ3) is 1.79. The zero-order valence-corrected chi connectivity index (χ0v) is 9.58. The minimum atomic E-state index is -1.01. The first-order chi connectivity index (χ1) is 9.10. The highest BCUT2D eigenvalue weighted by molar-refractivity contribution is 5.70. The Labute approximate surface area is 105 Å². The van der Waals surface area contributed by atoms with Crippen molar-refractivity contribution in [1.29, 1.82) is 0 Å². The first kappa shape index (κ1) is 11.8. The summed E-state index contributed by atoms with van der Waals surface area (Å²) < 4.78 is 20.1.